The molecule has 6 nitrogen and oxygen atoms in total. The van der Waals surface area contributed by atoms with Crippen molar-refractivity contribution < 1.29 is 22.6 Å². The van der Waals surface area contributed by atoms with Gasteiger partial charge in [0.2, 0.25) is 0 Å². The fraction of sp³-hybridized carbons (Fsp3) is 0.222. The summed E-state index contributed by atoms with van der Waals surface area (Å²) < 4.78 is 32.6. The average Bonchev–Trinajstić information content (AvgIpc) is 3.70. The zero-order valence-corrected chi connectivity index (χ0v) is 24.6. The molecule has 0 saturated heterocycles. The maximum Gasteiger partial charge on any atom is 0.294 e. The molecule has 3 aliphatic carbocycles. The first-order valence-corrected chi connectivity index (χ1v) is 16.1. The third-order valence-corrected chi connectivity index (χ3v) is 10.8. The second kappa shape index (κ2) is 8.85. The zero-order valence-electron chi connectivity index (χ0n) is 23.8. The van der Waals surface area contributed by atoms with Gasteiger partial charge in [-0.2, -0.15) is 8.42 Å². The van der Waals surface area contributed by atoms with Crippen LogP contribution in [-0.2, 0) is 15.5 Å². The summed E-state index contributed by atoms with van der Waals surface area (Å²) in [7, 11) is -4.50. The molecule has 0 aromatic heterocycles. The molecule has 1 aliphatic heterocycles. The highest BCUT2D eigenvalue weighted by molar-refractivity contribution is 7.85. The SMILES string of the molecule is CC1(C)c2ccccc2-c2cc(N3c4ccc(/C=C5\C(=O)c6ccc(S(=O)(=O)O)cc6C5=O)cc4C4CCCC43)ccc21. The first kappa shape index (κ1) is 26.3. The monoisotopic (exact) mass is 587 g/mol. The van der Waals surface area contributed by atoms with Crippen LogP contribution in [0.4, 0.5) is 11.4 Å². The van der Waals surface area contributed by atoms with Crippen molar-refractivity contribution in [2.75, 3.05) is 4.90 Å². The standard InChI is InChI=1S/C36H29NO5S/c1-36(2)30-8-4-3-6-23(30)26-18-21(11-14-31(26)36)37-32-9-5-7-24(32)27-16-20(10-15-33(27)37)17-29-34(38)25-13-12-22(43(40,41)42)19-28(25)35(29)39/h3-4,6,8,10-19,24,32H,5,7,9H2,1-2H3,(H,40,41,42)/b29-17+. The molecule has 1 saturated carbocycles. The molecular weight excluding hydrogens is 558 g/mol. The van der Waals surface area contributed by atoms with Gasteiger partial charge in [-0.1, -0.05) is 56.7 Å². The molecule has 4 aliphatic rings. The van der Waals surface area contributed by atoms with Gasteiger partial charge in [-0.05, 0) is 94.8 Å². The molecule has 2 unspecified atom stereocenters. The number of hydrogen-bond donors (Lipinski definition) is 1. The molecule has 0 radical (unpaired) electrons. The van der Waals surface area contributed by atoms with Crippen LogP contribution in [0.25, 0.3) is 17.2 Å². The van der Waals surface area contributed by atoms with Crippen LogP contribution in [0.1, 0.15) is 82.0 Å². The minimum atomic E-state index is -4.50. The molecule has 214 valence electrons. The van der Waals surface area contributed by atoms with Crippen LogP contribution < -0.4 is 4.90 Å². The predicted octanol–water partition coefficient (Wildman–Crippen LogP) is 7.49. The van der Waals surface area contributed by atoms with Crippen molar-refractivity contribution in [3.63, 3.8) is 0 Å². The Morgan fingerprint density at radius 2 is 1.58 bits per heavy atom. The van der Waals surface area contributed by atoms with Gasteiger partial charge in [0.05, 0.1) is 10.5 Å². The molecule has 8 rings (SSSR count). The summed E-state index contributed by atoms with van der Waals surface area (Å²) in [5.41, 5.74) is 9.70. The van der Waals surface area contributed by atoms with Crippen molar-refractivity contribution in [2.45, 2.75) is 55.4 Å². The van der Waals surface area contributed by atoms with E-state index in [2.05, 4.69) is 73.3 Å². The lowest BCUT2D eigenvalue weighted by molar-refractivity contribution is 0.0990. The molecule has 7 heteroatoms. The summed E-state index contributed by atoms with van der Waals surface area (Å²) in [4.78, 5) is 28.4. The van der Waals surface area contributed by atoms with Crippen LogP contribution in [0.15, 0.2) is 89.3 Å². The quantitative estimate of drug-likeness (QED) is 0.152. The molecule has 2 atom stereocenters. The van der Waals surface area contributed by atoms with E-state index in [-0.39, 0.29) is 22.1 Å². The van der Waals surface area contributed by atoms with E-state index >= 15 is 0 Å². The van der Waals surface area contributed by atoms with E-state index in [0.29, 0.717) is 12.0 Å². The minimum Gasteiger partial charge on any atom is -0.337 e. The summed E-state index contributed by atoms with van der Waals surface area (Å²) in [5.74, 6) is -0.619. The van der Waals surface area contributed by atoms with Gasteiger partial charge < -0.3 is 4.90 Å². The molecule has 0 bridgehead atoms. The summed E-state index contributed by atoms with van der Waals surface area (Å²) in [6.07, 6.45) is 4.92. The Bertz CT molecular complexity index is 2070. The van der Waals surface area contributed by atoms with Gasteiger partial charge in [0.15, 0.2) is 11.6 Å². The van der Waals surface area contributed by atoms with E-state index in [1.165, 1.54) is 39.6 Å². The van der Waals surface area contributed by atoms with E-state index in [1.54, 1.807) is 6.08 Å². The molecule has 4 aromatic rings. The Labute approximate surface area is 250 Å². The van der Waals surface area contributed by atoms with Gasteiger partial charge in [-0.15, -0.1) is 0 Å². The third kappa shape index (κ3) is 3.71. The van der Waals surface area contributed by atoms with Crippen LogP contribution in [0.5, 0.6) is 0 Å². The highest BCUT2D eigenvalue weighted by Gasteiger charge is 2.43. The van der Waals surface area contributed by atoms with Crippen LogP contribution in [0, 0.1) is 0 Å². The second-order valence-corrected chi connectivity index (χ2v) is 14.0. The van der Waals surface area contributed by atoms with Gasteiger partial charge >= 0.3 is 0 Å². The van der Waals surface area contributed by atoms with Gasteiger partial charge in [0, 0.05) is 39.9 Å². The number of ketones is 2. The van der Waals surface area contributed by atoms with Crippen LogP contribution in [0.3, 0.4) is 0 Å². The topological polar surface area (TPSA) is 91.8 Å². The third-order valence-electron chi connectivity index (χ3n) is 9.95. The highest BCUT2D eigenvalue weighted by Crippen LogP contribution is 2.55. The smallest absolute Gasteiger partial charge is 0.294 e. The average molecular weight is 588 g/mol. The maximum atomic E-state index is 13.2. The van der Waals surface area contributed by atoms with E-state index in [1.807, 2.05) is 6.07 Å². The predicted molar refractivity (Wildman–Crippen MR) is 166 cm³/mol. The molecule has 43 heavy (non-hydrogen) atoms. The normalized spacial score (nSPS) is 22.0. The van der Waals surface area contributed by atoms with Gasteiger partial charge in [0.1, 0.15) is 0 Å². The van der Waals surface area contributed by atoms with Crippen molar-refractivity contribution in [3.05, 3.63) is 118 Å². The van der Waals surface area contributed by atoms with E-state index in [4.69, 9.17) is 0 Å². The number of Topliss-reactive ketones (excluding diaryl/α,β-unsaturated/α-hetero) is 2. The molecule has 0 amide bonds. The van der Waals surface area contributed by atoms with Gasteiger partial charge in [0.25, 0.3) is 10.1 Å². The Kier molecular flexibility index (Phi) is 5.41. The van der Waals surface area contributed by atoms with E-state index in [0.717, 1.165) is 42.6 Å². The number of carbonyl (C=O) groups excluding carboxylic acids is 2. The molecule has 0 spiro atoms. The largest absolute Gasteiger partial charge is 0.337 e. The Balaban J connectivity index is 1.18. The van der Waals surface area contributed by atoms with Gasteiger partial charge in [-0.3, -0.25) is 14.1 Å². The van der Waals surface area contributed by atoms with Gasteiger partial charge in [-0.25, -0.2) is 0 Å². The lowest BCUT2D eigenvalue weighted by Crippen LogP contribution is -2.26. The minimum absolute atomic E-state index is 0.000153. The Morgan fingerprint density at radius 1 is 0.814 bits per heavy atom. The van der Waals surface area contributed by atoms with Crippen LogP contribution in [0.2, 0.25) is 0 Å². The molecule has 1 N–H and O–H groups in total. The van der Waals surface area contributed by atoms with Crippen molar-refractivity contribution in [2.24, 2.45) is 0 Å². The number of allylic oxidation sites excluding steroid dienone is 1. The number of hydrogen-bond acceptors (Lipinski definition) is 5. The van der Waals surface area contributed by atoms with Crippen LogP contribution in [-0.4, -0.2) is 30.6 Å². The second-order valence-electron chi connectivity index (χ2n) is 12.6. The van der Waals surface area contributed by atoms with Crippen molar-refractivity contribution in [3.8, 4) is 11.1 Å². The summed E-state index contributed by atoms with van der Waals surface area (Å²) >= 11 is 0. The molecule has 4 aromatic carbocycles. The number of benzene rings is 4. The van der Waals surface area contributed by atoms with Crippen molar-refractivity contribution in [1.82, 2.24) is 0 Å². The fourth-order valence-electron chi connectivity index (χ4n) is 7.92. The first-order valence-electron chi connectivity index (χ1n) is 14.6. The molecule has 1 fully saturated rings. The fourth-order valence-corrected chi connectivity index (χ4v) is 8.43. The molecule has 1 heterocycles. The number of carbonyl (C=O) groups is 2. The Hall–Kier alpha value is -4.33. The van der Waals surface area contributed by atoms with Crippen molar-refractivity contribution >= 4 is 39.1 Å². The number of fused-ring (bicyclic) bond motifs is 7. The Morgan fingerprint density at radius 3 is 2.40 bits per heavy atom. The summed E-state index contributed by atoms with van der Waals surface area (Å²) in [5, 5.41) is 0. The summed E-state index contributed by atoms with van der Waals surface area (Å²) in [6, 6.07) is 25.5. The maximum absolute atomic E-state index is 13.2. The molecular formula is C36H29NO5S. The van der Waals surface area contributed by atoms with E-state index in [9.17, 15) is 22.6 Å². The van der Waals surface area contributed by atoms with E-state index < -0.39 is 26.6 Å². The summed E-state index contributed by atoms with van der Waals surface area (Å²) in [6.45, 7) is 4.58. The number of rotatable bonds is 3. The zero-order chi connectivity index (χ0) is 29.8. The lowest BCUT2D eigenvalue weighted by atomic mass is 9.82. The van der Waals surface area contributed by atoms with Crippen LogP contribution >= 0.6 is 0 Å². The van der Waals surface area contributed by atoms with Crippen molar-refractivity contribution in [1.29, 1.82) is 0 Å². The highest BCUT2D eigenvalue weighted by atomic mass is 32.2. The first-order chi connectivity index (χ1) is 20.5. The number of nitrogens with zero attached hydrogens (tertiary/aromatic N) is 1. The number of anilines is 2. The lowest BCUT2D eigenvalue weighted by Gasteiger charge is -2.28.